The van der Waals surface area contributed by atoms with E-state index >= 15 is 0 Å². The molecule has 0 aromatic carbocycles. The van der Waals surface area contributed by atoms with Crippen LogP contribution in [0.3, 0.4) is 0 Å². The maximum atomic E-state index is 9.21. The van der Waals surface area contributed by atoms with Crippen molar-refractivity contribution in [2.75, 3.05) is 0 Å². The molecule has 0 aromatic heterocycles. The molecule has 3 nitrogen and oxygen atoms in total. The molecule has 3 heteroatoms. The summed E-state index contributed by atoms with van der Waals surface area (Å²) in [6.45, 7) is 1.80. The number of aliphatic hydroxyl groups excluding tert-OH is 1. The Morgan fingerprint density at radius 1 is 1.75 bits per heavy atom. The van der Waals surface area contributed by atoms with Gasteiger partial charge in [-0.1, -0.05) is 19.1 Å². The smallest absolute Gasteiger partial charge is 0.162 e. The molecular weight excluding hydrogens is 152 g/mol. The molecule has 1 aliphatic carbocycles. The van der Waals surface area contributed by atoms with Gasteiger partial charge in [0.05, 0.1) is 6.07 Å². The van der Waals surface area contributed by atoms with Gasteiger partial charge in [0.2, 0.25) is 0 Å². The largest absolute Gasteiger partial charge is 0.374 e. The zero-order chi connectivity index (χ0) is 9.14. The van der Waals surface area contributed by atoms with Gasteiger partial charge in [-0.25, -0.2) is 0 Å². The summed E-state index contributed by atoms with van der Waals surface area (Å²) < 4.78 is 0. The first-order chi connectivity index (χ1) is 5.66. The highest BCUT2D eigenvalue weighted by Gasteiger charge is 2.20. The Morgan fingerprint density at radius 2 is 2.42 bits per heavy atom. The van der Waals surface area contributed by atoms with E-state index in [1.165, 1.54) is 0 Å². The summed E-state index contributed by atoms with van der Waals surface area (Å²) in [6.07, 6.45) is 3.96. The molecule has 1 aliphatic rings. The van der Waals surface area contributed by atoms with E-state index in [0.717, 1.165) is 0 Å². The third-order valence-corrected chi connectivity index (χ3v) is 1.97. The fraction of sp³-hybridized carbons (Fsp3) is 0.333. The molecule has 0 radical (unpaired) electrons. The number of hydrogen-bond donors (Lipinski definition) is 2. The standard InChI is InChI=1S/C9H10N2O/c1-6-7(9(12)5-10)3-2-4-8(6)11/h2-4,6,9,11-12H,1H3. The summed E-state index contributed by atoms with van der Waals surface area (Å²) in [5.74, 6) is -0.148. The van der Waals surface area contributed by atoms with Gasteiger partial charge in [-0.2, -0.15) is 5.26 Å². The third kappa shape index (κ3) is 1.44. The molecule has 0 aliphatic heterocycles. The Bertz CT molecular complexity index is 296. The SMILES string of the molecule is CC1C(=N)C=CC=C1C(O)C#N. The van der Waals surface area contributed by atoms with Crippen LogP contribution in [0.15, 0.2) is 23.8 Å². The first kappa shape index (κ1) is 8.69. The van der Waals surface area contributed by atoms with E-state index in [9.17, 15) is 5.11 Å². The van der Waals surface area contributed by atoms with Crippen molar-refractivity contribution >= 4 is 5.71 Å². The molecule has 0 saturated heterocycles. The summed E-state index contributed by atoms with van der Waals surface area (Å²) in [6, 6.07) is 1.74. The lowest BCUT2D eigenvalue weighted by Crippen LogP contribution is -2.21. The van der Waals surface area contributed by atoms with Crippen molar-refractivity contribution < 1.29 is 5.11 Å². The van der Waals surface area contributed by atoms with Crippen LogP contribution in [0.2, 0.25) is 0 Å². The Hall–Kier alpha value is -1.40. The zero-order valence-corrected chi connectivity index (χ0v) is 6.78. The molecule has 1 rings (SSSR count). The number of nitrogens with zero attached hydrogens (tertiary/aromatic N) is 1. The molecule has 0 bridgehead atoms. The second-order valence-corrected chi connectivity index (χ2v) is 2.73. The van der Waals surface area contributed by atoms with E-state index in [0.29, 0.717) is 11.3 Å². The lowest BCUT2D eigenvalue weighted by Gasteiger charge is -2.18. The van der Waals surface area contributed by atoms with E-state index < -0.39 is 6.10 Å². The van der Waals surface area contributed by atoms with E-state index in [1.807, 2.05) is 0 Å². The molecule has 2 N–H and O–H groups in total. The summed E-state index contributed by atoms with van der Waals surface area (Å²) in [5.41, 5.74) is 1.03. The van der Waals surface area contributed by atoms with Crippen LogP contribution in [0.5, 0.6) is 0 Å². The number of nitriles is 1. The predicted molar refractivity (Wildman–Crippen MR) is 45.7 cm³/mol. The van der Waals surface area contributed by atoms with E-state index in [4.69, 9.17) is 10.7 Å². The van der Waals surface area contributed by atoms with E-state index in [1.54, 1.807) is 31.2 Å². The molecule has 2 atom stereocenters. The van der Waals surface area contributed by atoms with Gasteiger partial charge in [-0.3, -0.25) is 0 Å². The maximum Gasteiger partial charge on any atom is 0.162 e. The normalized spacial score (nSPS) is 24.6. The summed E-state index contributed by atoms with van der Waals surface area (Å²) >= 11 is 0. The van der Waals surface area contributed by atoms with Gasteiger partial charge in [0, 0.05) is 11.6 Å². The molecule has 0 aromatic rings. The number of allylic oxidation sites excluding steroid dienone is 3. The van der Waals surface area contributed by atoms with Gasteiger partial charge >= 0.3 is 0 Å². The molecule has 62 valence electrons. The van der Waals surface area contributed by atoms with Crippen molar-refractivity contribution in [1.82, 2.24) is 0 Å². The number of hydrogen-bond acceptors (Lipinski definition) is 3. The average molecular weight is 162 g/mol. The molecular formula is C9H10N2O. The van der Waals surface area contributed by atoms with Crippen LogP contribution in [0.25, 0.3) is 0 Å². The second kappa shape index (κ2) is 3.33. The number of nitrogens with one attached hydrogen (secondary N) is 1. The van der Waals surface area contributed by atoms with Gasteiger partial charge in [0.15, 0.2) is 6.10 Å². The van der Waals surface area contributed by atoms with Crippen molar-refractivity contribution in [3.8, 4) is 6.07 Å². The van der Waals surface area contributed by atoms with Crippen LogP contribution < -0.4 is 0 Å². The van der Waals surface area contributed by atoms with E-state index in [2.05, 4.69) is 0 Å². The van der Waals surface area contributed by atoms with Gasteiger partial charge in [-0.05, 0) is 11.6 Å². The van der Waals surface area contributed by atoms with Crippen molar-refractivity contribution in [2.24, 2.45) is 5.92 Å². The lowest BCUT2D eigenvalue weighted by atomic mass is 9.88. The van der Waals surface area contributed by atoms with Crippen LogP contribution in [0, 0.1) is 22.7 Å². The molecule has 0 heterocycles. The third-order valence-electron chi connectivity index (χ3n) is 1.97. The minimum atomic E-state index is -1.08. The van der Waals surface area contributed by atoms with Crippen LogP contribution in [-0.4, -0.2) is 16.9 Å². The molecule has 2 unspecified atom stereocenters. The van der Waals surface area contributed by atoms with Crippen molar-refractivity contribution in [3.63, 3.8) is 0 Å². The van der Waals surface area contributed by atoms with Gasteiger partial charge in [0.1, 0.15) is 0 Å². The first-order valence-electron chi connectivity index (χ1n) is 3.71. The van der Waals surface area contributed by atoms with Gasteiger partial charge in [-0.15, -0.1) is 0 Å². The van der Waals surface area contributed by atoms with Crippen LogP contribution >= 0.6 is 0 Å². The van der Waals surface area contributed by atoms with Gasteiger partial charge in [0.25, 0.3) is 0 Å². The Morgan fingerprint density at radius 3 is 3.00 bits per heavy atom. The molecule has 12 heavy (non-hydrogen) atoms. The highest BCUT2D eigenvalue weighted by atomic mass is 16.3. The Labute approximate surface area is 71.1 Å². The lowest BCUT2D eigenvalue weighted by molar-refractivity contribution is 0.258. The van der Waals surface area contributed by atoms with Crippen LogP contribution in [-0.2, 0) is 0 Å². The van der Waals surface area contributed by atoms with Crippen LogP contribution in [0.1, 0.15) is 6.92 Å². The molecule has 0 spiro atoms. The predicted octanol–water partition coefficient (Wildman–Crippen LogP) is 1.02. The highest BCUT2D eigenvalue weighted by Crippen LogP contribution is 2.20. The summed E-state index contributed by atoms with van der Waals surface area (Å²) in [5, 5.41) is 25.1. The van der Waals surface area contributed by atoms with Crippen molar-refractivity contribution in [2.45, 2.75) is 13.0 Å². The second-order valence-electron chi connectivity index (χ2n) is 2.73. The minimum Gasteiger partial charge on any atom is -0.374 e. The maximum absolute atomic E-state index is 9.21. The Balaban J connectivity index is 2.91. The molecule has 0 fully saturated rings. The highest BCUT2D eigenvalue weighted by molar-refractivity contribution is 5.97. The molecule has 0 amide bonds. The number of aliphatic hydroxyl groups is 1. The van der Waals surface area contributed by atoms with Crippen molar-refractivity contribution in [3.05, 3.63) is 23.8 Å². The first-order valence-corrected chi connectivity index (χ1v) is 3.71. The minimum absolute atomic E-state index is 0.148. The Kier molecular flexibility index (Phi) is 2.41. The zero-order valence-electron chi connectivity index (χ0n) is 6.78. The fourth-order valence-corrected chi connectivity index (χ4v) is 1.13. The topological polar surface area (TPSA) is 67.9 Å². The fourth-order valence-electron chi connectivity index (χ4n) is 1.13. The van der Waals surface area contributed by atoms with E-state index in [-0.39, 0.29) is 5.92 Å². The summed E-state index contributed by atoms with van der Waals surface area (Å²) in [4.78, 5) is 0. The number of rotatable bonds is 1. The molecule has 0 saturated carbocycles. The van der Waals surface area contributed by atoms with Gasteiger partial charge < -0.3 is 10.5 Å². The monoisotopic (exact) mass is 162 g/mol. The quantitative estimate of drug-likeness (QED) is 0.565. The van der Waals surface area contributed by atoms with Crippen LogP contribution in [0.4, 0.5) is 0 Å². The summed E-state index contributed by atoms with van der Waals surface area (Å²) in [7, 11) is 0. The average Bonchev–Trinajstić information content (AvgIpc) is 2.08. The van der Waals surface area contributed by atoms with Crippen molar-refractivity contribution in [1.29, 1.82) is 10.7 Å².